The lowest BCUT2D eigenvalue weighted by Crippen LogP contribution is -2.08. The average Bonchev–Trinajstić information content (AvgIpc) is 2.86. The van der Waals surface area contributed by atoms with Crippen LogP contribution in [0.4, 0.5) is 0 Å². The molecule has 0 bridgehead atoms. The van der Waals surface area contributed by atoms with Crippen LogP contribution in [0.1, 0.15) is 23.0 Å². The topological polar surface area (TPSA) is 40.5 Å². The molecule has 2 aliphatic rings. The third kappa shape index (κ3) is 0.877. The second kappa shape index (κ2) is 2.81. The Balaban J connectivity index is 2.03. The van der Waals surface area contributed by atoms with Crippen molar-refractivity contribution in [3.63, 3.8) is 0 Å². The molecule has 2 heteroatoms. The van der Waals surface area contributed by atoms with E-state index >= 15 is 0 Å². The van der Waals surface area contributed by atoms with Gasteiger partial charge in [0.1, 0.15) is 0 Å². The smallest absolute Gasteiger partial charge is 0.0502 e. The molecule has 1 aromatic rings. The summed E-state index contributed by atoms with van der Waals surface area (Å²) < 4.78 is 0. The lowest BCUT2D eigenvalue weighted by molar-refractivity contribution is 0.229. The molecule has 1 saturated carbocycles. The highest BCUT2D eigenvalue weighted by molar-refractivity contribution is 5.47. The summed E-state index contributed by atoms with van der Waals surface area (Å²) in [6, 6.07) is 8.32. The van der Waals surface area contributed by atoms with Gasteiger partial charge in [-0.2, -0.15) is 0 Å². The highest BCUT2D eigenvalue weighted by atomic mass is 16.3. The molecule has 2 aliphatic carbocycles. The van der Waals surface area contributed by atoms with E-state index in [0.29, 0.717) is 17.8 Å². The van der Waals surface area contributed by atoms with Crippen molar-refractivity contribution < 1.29 is 10.2 Å². The van der Waals surface area contributed by atoms with E-state index < -0.39 is 0 Å². The second-order valence-corrected chi connectivity index (χ2v) is 4.37. The Bertz CT molecular complexity index is 361. The summed E-state index contributed by atoms with van der Waals surface area (Å²) in [5.41, 5.74) is 2.66. The molecule has 4 atom stereocenters. The molecule has 0 aliphatic heterocycles. The van der Waals surface area contributed by atoms with E-state index in [9.17, 15) is 5.11 Å². The molecule has 74 valence electrons. The second-order valence-electron chi connectivity index (χ2n) is 4.37. The number of rotatable bonds is 2. The molecule has 2 N–H and O–H groups in total. The van der Waals surface area contributed by atoms with Crippen molar-refractivity contribution in [1.29, 1.82) is 0 Å². The van der Waals surface area contributed by atoms with Crippen LogP contribution in [0, 0.1) is 11.8 Å². The van der Waals surface area contributed by atoms with E-state index in [2.05, 4.69) is 12.1 Å². The molecule has 0 radical (unpaired) electrons. The maximum absolute atomic E-state index is 9.34. The molecule has 0 spiro atoms. The van der Waals surface area contributed by atoms with Crippen molar-refractivity contribution in [2.75, 3.05) is 13.2 Å². The van der Waals surface area contributed by atoms with Crippen LogP contribution < -0.4 is 0 Å². The minimum atomic E-state index is 0.217. The molecule has 0 amide bonds. The normalized spacial score (nSPS) is 37.9. The number of benzene rings is 1. The molecular formula is C12H14O2. The summed E-state index contributed by atoms with van der Waals surface area (Å²) in [5, 5.41) is 18.5. The van der Waals surface area contributed by atoms with Gasteiger partial charge in [0.2, 0.25) is 0 Å². The zero-order chi connectivity index (χ0) is 9.71. The van der Waals surface area contributed by atoms with Crippen molar-refractivity contribution in [2.24, 2.45) is 11.8 Å². The van der Waals surface area contributed by atoms with Gasteiger partial charge < -0.3 is 10.2 Å². The van der Waals surface area contributed by atoms with Crippen LogP contribution in [-0.2, 0) is 0 Å². The van der Waals surface area contributed by atoms with Crippen molar-refractivity contribution >= 4 is 0 Å². The first-order chi connectivity index (χ1) is 6.88. The molecule has 14 heavy (non-hydrogen) atoms. The van der Waals surface area contributed by atoms with Crippen molar-refractivity contribution in [1.82, 2.24) is 0 Å². The Morgan fingerprint density at radius 3 is 2.36 bits per heavy atom. The van der Waals surface area contributed by atoms with Crippen molar-refractivity contribution in [2.45, 2.75) is 11.8 Å². The molecule has 4 unspecified atom stereocenters. The van der Waals surface area contributed by atoms with Crippen LogP contribution in [0.5, 0.6) is 0 Å². The van der Waals surface area contributed by atoms with Gasteiger partial charge in [-0.1, -0.05) is 24.3 Å². The van der Waals surface area contributed by atoms with Gasteiger partial charge in [0.25, 0.3) is 0 Å². The highest BCUT2D eigenvalue weighted by Gasteiger charge is 2.59. The highest BCUT2D eigenvalue weighted by Crippen LogP contribution is 2.66. The molecule has 0 saturated heterocycles. The summed E-state index contributed by atoms with van der Waals surface area (Å²) in [7, 11) is 0. The zero-order valence-electron chi connectivity index (χ0n) is 7.93. The number of aliphatic hydroxyl groups excluding tert-OH is 2. The minimum Gasteiger partial charge on any atom is -0.396 e. The number of aliphatic hydroxyl groups is 2. The van der Waals surface area contributed by atoms with Crippen LogP contribution in [0.25, 0.3) is 0 Å². The number of fused-ring (bicyclic) bond motifs is 3. The Kier molecular flexibility index (Phi) is 1.70. The molecular weight excluding hydrogens is 176 g/mol. The Morgan fingerprint density at radius 1 is 1.00 bits per heavy atom. The first kappa shape index (κ1) is 8.45. The fourth-order valence-corrected chi connectivity index (χ4v) is 3.20. The van der Waals surface area contributed by atoms with Crippen LogP contribution in [0.15, 0.2) is 24.3 Å². The summed E-state index contributed by atoms with van der Waals surface area (Å²) in [6.07, 6.45) is 0. The minimum absolute atomic E-state index is 0.217. The van der Waals surface area contributed by atoms with Gasteiger partial charge in [-0.25, -0.2) is 0 Å². The van der Waals surface area contributed by atoms with Crippen molar-refractivity contribution in [3.8, 4) is 0 Å². The average molecular weight is 190 g/mol. The predicted molar refractivity (Wildman–Crippen MR) is 53.1 cm³/mol. The van der Waals surface area contributed by atoms with Crippen LogP contribution in [-0.4, -0.2) is 23.4 Å². The fraction of sp³-hybridized carbons (Fsp3) is 0.500. The fourth-order valence-electron chi connectivity index (χ4n) is 3.20. The van der Waals surface area contributed by atoms with Crippen LogP contribution >= 0.6 is 0 Å². The molecule has 2 nitrogen and oxygen atoms in total. The first-order valence-corrected chi connectivity index (χ1v) is 5.19. The first-order valence-electron chi connectivity index (χ1n) is 5.19. The molecule has 3 rings (SSSR count). The van der Waals surface area contributed by atoms with E-state index in [4.69, 9.17) is 5.11 Å². The summed E-state index contributed by atoms with van der Waals surface area (Å²) in [6.45, 7) is 0.481. The predicted octanol–water partition coefficient (Wildman–Crippen LogP) is 1.10. The van der Waals surface area contributed by atoms with Gasteiger partial charge in [-0.3, -0.25) is 0 Å². The van der Waals surface area contributed by atoms with E-state index in [0.717, 1.165) is 0 Å². The van der Waals surface area contributed by atoms with Gasteiger partial charge in [-0.05, 0) is 28.9 Å². The van der Waals surface area contributed by atoms with Crippen LogP contribution in [0.3, 0.4) is 0 Å². The maximum Gasteiger partial charge on any atom is 0.0502 e. The van der Waals surface area contributed by atoms with Crippen molar-refractivity contribution in [3.05, 3.63) is 35.4 Å². The van der Waals surface area contributed by atoms with Gasteiger partial charge in [0.15, 0.2) is 0 Å². The zero-order valence-corrected chi connectivity index (χ0v) is 7.93. The quantitative estimate of drug-likeness (QED) is 0.733. The molecule has 1 fully saturated rings. The number of hydrogen-bond donors (Lipinski definition) is 2. The molecule has 1 aromatic carbocycles. The van der Waals surface area contributed by atoms with Gasteiger partial charge in [0.05, 0.1) is 6.61 Å². The van der Waals surface area contributed by atoms with E-state index in [1.54, 1.807) is 0 Å². The van der Waals surface area contributed by atoms with E-state index in [1.807, 2.05) is 12.1 Å². The third-order valence-corrected chi connectivity index (χ3v) is 3.86. The van der Waals surface area contributed by atoms with Gasteiger partial charge >= 0.3 is 0 Å². The summed E-state index contributed by atoms with van der Waals surface area (Å²) in [4.78, 5) is 0. The Morgan fingerprint density at radius 2 is 1.71 bits per heavy atom. The summed E-state index contributed by atoms with van der Waals surface area (Å²) >= 11 is 0. The Hall–Kier alpha value is -0.860. The van der Waals surface area contributed by atoms with E-state index in [-0.39, 0.29) is 19.1 Å². The maximum atomic E-state index is 9.34. The SMILES string of the molecule is OCC1c2ccccc2C2C(CO)C12. The Labute approximate surface area is 83.2 Å². The largest absolute Gasteiger partial charge is 0.396 e. The molecule has 0 aromatic heterocycles. The van der Waals surface area contributed by atoms with E-state index in [1.165, 1.54) is 11.1 Å². The molecule has 0 heterocycles. The lowest BCUT2D eigenvalue weighted by Gasteiger charge is -2.13. The van der Waals surface area contributed by atoms with Gasteiger partial charge in [-0.15, -0.1) is 0 Å². The lowest BCUT2D eigenvalue weighted by atomic mass is 9.94. The van der Waals surface area contributed by atoms with Gasteiger partial charge in [0, 0.05) is 12.5 Å². The summed E-state index contributed by atoms with van der Waals surface area (Å²) in [5.74, 6) is 1.70. The number of hydrogen-bond acceptors (Lipinski definition) is 2. The standard InChI is InChI=1S/C12H14O2/c13-5-9-7-3-1-2-4-8(7)11-10(6-14)12(9)11/h1-4,9-14H,5-6H2. The monoisotopic (exact) mass is 190 g/mol. The third-order valence-electron chi connectivity index (χ3n) is 3.86. The van der Waals surface area contributed by atoms with Crippen LogP contribution in [0.2, 0.25) is 0 Å².